The minimum atomic E-state index is -0.0462. The maximum atomic E-state index is 11.9. The zero-order valence-electron chi connectivity index (χ0n) is 10.9. The lowest BCUT2D eigenvalue weighted by Gasteiger charge is -2.28. The molecular formula is C14H25NO2. The third-order valence-corrected chi connectivity index (χ3v) is 4.31. The number of carbonyl (C=O) groups is 1. The molecule has 1 aliphatic carbocycles. The summed E-state index contributed by atoms with van der Waals surface area (Å²) in [6.07, 6.45) is 8.42. The summed E-state index contributed by atoms with van der Waals surface area (Å²) in [5.41, 5.74) is 0. The van der Waals surface area contributed by atoms with Crippen molar-refractivity contribution in [3.05, 3.63) is 0 Å². The van der Waals surface area contributed by atoms with E-state index in [1.807, 2.05) is 0 Å². The fourth-order valence-electron chi connectivity index (χ4n) is 3.02. The summed E-state index contributed by atoms with van der Waals surface area (Å²) in [4.78, 5) is 11.9. The molecule has 0 aromatic rings. The van der Waals surface area contributed by atoms with Gasteiger partial charge >= 0.3 is 5.97 Å². The predicted molar refractivity (Wildman–Crippen MR) is 67.7 cm³/mol. The second-order valence-electron chi connectivity index (χ2n) is 5.59. The molecule has 2 aliphatic rings. The summed E-state index contributed by atoms with van der Waals surface area (Å²) in [7, 11) is 0. The number of piperidine rings is 1. The molecule has 2 fully saturated rings. The normalized spacial score (nSPS) is 30.4. The van der Waals surface area contributed by atoms with E-state index in [0.29, 0.717) is 18.4 Å². The fraction of sp³-hybridized carbons (Fsp3) is 0.929. The van der Waals surface area contributed by atoms with Crippen LogP contribution >= 0.6 is 0 Å². The van der Waals surface area contributed by atoms with Gasteiger partial charge in [-0.1, -0.05) is 26.2 Å². The molecule has 1 saturated carbocycles. The Hall–Kier alpha value is -0.570. The van der Waals surface area contributed by atoms with Crippen LogP contribution in [0.2, 0.25) is 0 Å². The van der Waals surface area contributed by atoms with E-state index in [-0.39, 0.29) is 12.0 Å². The lowest BCUT2D eigenvalue weighted by atomic mass is 9.90. The summed E-state index contributed by atoms with van der Waals surface area (Å²) < 4.78 is 5.46. The van der Waals surface area contributed by atoms with E-state index >= 15 is 0 Å². The van der Waals surface area contributed by atoms with Crippen LogP contribution in [0.5, 0.6) is 0 Å². The highest BCUT2D eigenvalue weighted by atomic mass is 16.5. The van der Waals surface area contributed by atoms with E-state index in [1.54, 1.807) is 0 Å². The molecule has 0 aromatic carbocycles. The van der Waals surface area contributed by atoms with Gasteiger partial charge in [0.1, 0.15) is 6.04 Å². The number of carbonyl (C=O) groups excluding carboxylic acids is 1. The molecule has 0 radical (unpaired) electrons. The molecule has 3 heteroatoms. The van der Waals surface area contributed by atoms with Gasteiger partial charge in [0.05, 0.1) is 6.61 Å². The van der Waals surface area contributed by atoms with Crippen LogP contribution in [0.25, 0.3) is 0 Å². The molecule has 1 N–H and O–H groups in total. The highest BCUT2D eigenvalue weighted by Gasteiger charge is 2.27. The van der Waals surface area contributed by atoms with E-state index in [2.05, 4.69) is 12.2 Å². The van der Waals surface area contributed by atoms with Gasteiger partial charge in [-0.15, -0.1) is 0 Å². The van der Waals surface area contributed by atoms with Crippen molar-refractivity contribution in [1.82, 2.24) is 5.32 Å². The molecule has 1 saturated heterocycles. The first-order chi connectivity index (χ1) is 8.29. The van der Waals surface area contributed by atoms with E-state index in [0.717, 1.165) is 13.0 Å². The summed E-state index contributed by atoms with van der Waals surface area (Å²) in [6.45, 7) is 3.81. The van der Waals surface area contributed by atoms with Crippen LogP contribution in [0.1, 0.15) is 51.9 Å². The predicted octanol–water partition coefficient (Wildman–Crippen LogP) is 2.50. The first-order valence-electron chi connectivity index (χ1n) is 7.19. The van der Waals surface area contributed by atoms with E-state index in [1.165, 1.54) is 38.5 Å². The topological polar surface area (TPSA) is 38.3 Å². The number of rotatable bonds is 4. The molecule has 98 valence electrons. The molecule has 2 unspecified atom stereocenters. The van der Waals surface area contributed by atoms with E-state index in [9.17, 15) is 4.79 Å². The van der Waals surface area contributed by atoms with Crippen LogP contribution in [0, 0.1) is 11.8 Å². The van der Waals surface area contributed by atoms with E-state index < -0.39 is 0 Å². The Bertz CT molecular complexity index is 249. The minimum absolute atomic E-state index is 0.0185. The second kappa shape index (κ2) is 6.39. The Labute approximate surface area is 104 Å². The molecule has 1 aliphatic heterocycles. The SMILES string of the molecule is CCC1CCNC(C(=O)OCC2CCCC2)C1. The van der Waals surface area contributed by atoms with Gasteiger partial charge in [0.25, 0.3) is 0 Å². The Kier molecular flexibility index (Phi) is 4.84. The summed E-state index contributed by atoms with van der Waals surface area (Å²) in [5.74, 6) is 1.31. The van der Waals surface area contributed by atoms with Gasteiger partial charge in [-0.2, -0.15) is 0 Å². The van der Waals surface area contributed by atoms with Gasteiger partial charge in [0, 0.05) is 0 Å². The number of hydrogen-bond acceptors (Lipinski definition) is 3. The third kappa shape index (κ3) is 3.70. The van der Waals surface area contributed by atoms with Gasteiger partial charge in [-0.25, -0.2) is 0 Å². The van der Waals surface area contributed by atoms with Crippen molar-refractivity contribution >= 4 is 5.97 Å². The fourth-order valence-corrected chi connectivity index (χ4v) is 3.02. The Morgan fingerprint density at radius 2 is 2.00 bits per heavy atom. The van der Waals surface area contributed by atoms with Crippen LogP contribution in [0.3, 0.4) is 0 Å². The van der Waals surface area contributed by atoms with Crippen LogP contribution in [-0.2, 0) is 9.53 Å². The smallest absolute Gasteiger partial charge is 0.323 e. The lowest BCUT2D eigenvalue weighted by molar-refractivity contribution is -0.148. The Morgan fingerprint density at radius 3 is 2.71 bits per heavy atom. The van der Waals surface area contributed by atoms with Crippen molar-refractivity contribution in [2.24, 2.45) is 11.8 Å². The lowest BCUT2D eigenvalue weighted by Crippen LogP contribution is -2.44. The highest BCUT2D eigenvalue weighted by molar-refractivity contribution is 5.75. The average Bonchev–Trinajstić information content (AvgIpc) is 2.89. The first-order valence-corrected chi connectivity index (χ1v) is 7.19. The molecular weight excluding hydrogens is 214 g/mol. The molecule has 0 aromatic heterocycles. The number of nitrogens with one attached hydrogen (secondary N) is 1. The van der Waals surface area contributed by atoms with Gasteiger partial charge in [-0.05, 0) is 44.1 Å². The van der Waals surface area contributed by atoms with Crippen LogP contribution in [0.15, 0.2) is 0 Å². The van der Waals surface area contributed by atoms with Crippen molar-refractivity contribution in [3.8, 4) is 0 Å². The average molecular weight is 239 g/mol. The zero-order valence-corrected chi connectivity index (χ0v) is 10.9. The maximum Gasteiger partial charge on any atom is 0.323 e. The number of hydrogen-bond donors (Lipinski definition) is 1. The largest absolute Gasteiger partial charge is 0.464 e. The summed E-state index contributed by atoms with van der Waals surface area (Å²) in [5, 5.41) is 3.28. The zero-order chi connectivity index (χ0) is 12.1. The van der Waals surface area contributed by atoms with Gasteiger partial charge in [0.2, 0.25) is 0 Å². The quantitative estimate of drug-likeness (QED) is 0.766. The van der Waals surface area contributed by atoms with Crippen LogP contribution in [0.4, 0.5) is 0 Å². The van der Waals surface area contributed by atoms with Crippen molar-refractivity contribution in [1.29, 1.82) is 0 Å². The second-order valence-corrected chi connectivity index (χ2v) is 5.59. The Balaban J connectivity index is 1.71. The van der Waals surface area contributed by atoms with Gasteiger partial charge in [0.15, 0.2) is 0 Å². The molecule has 3 nitrogen and oxygen atoms in total. The first kappa shape index (κ1) is 12.9. The summed E-state index contributed by atoms with van der Waals surface area (Å²) in [6, 6.07) is -0.0462. The molecule has 0 spiro atoms. The van der Waals surface area contributed by atoms with Crippen molar-refractivity contribution in [2.75, 3.05) is 13.2 Å². The van der Waals surface area contributed by atoms with Gasteiger partial charge < -0.3 is 10.1 Å². The molecule has 2 atom stereocenters. The standard InChI is InChI=1S/C14H25NO2/c1-2-11-7-8-15-13(9-11)14(16)17-10-12-5-3-4-6-12/h11-13,15H,2-10H2,1H3. The molecule has 17 heavy (non-hydrogen) atoms. The molecule has 0 bridgehead atoms. The highest BCUT2D eigenvalue weighted by Crippen LogP contribution is 2.25. The molecule has 1 heterocycles. The van der Waals surface area contributed by atoms with Crippen molar-refractivity contribution in [3.63, 3.8) is 0 Å². The number of esters is 1. The summed E-state index contributed by atoms with van der Waals surface area (Å²) >= 11 is 0. The van der Waals surface area contributed by atoms with Crippen LogP contribution < -0.4 is 5.32 Å². The number of ether oxygens (including phenoxy) is 1. The van der Waals surface area contributed by atoms with Crippen molar-refractivity contribution in [2.45, 2.75) is 57.9 Å². The third-order valence-electron chi connectivity index (χ3n) is 4.31. The van der Waals surface area contributed by atoms with Crippen LogP contribution in [-0.4, -0.2) is 25.2 Å². The van der Waals surface area contributed by atoms with Gasteiger partial charge in [-0.3, -0.25) is 4.79 Å². The molecule has 2 rings (SSSR count). The maximum absolute atomic E-state index is 11.9. The molecule has 0 amide bonds. The minimum Gasteiger partial charge on any atom is -0.464 e. The van der Waals surface area contributed by atoms with E-state index in [4.69, 9.17) is 4.74 Å². The Morgan fingerprint density at radius 1 is 1.24 bits per heavy atom. The van der Waals surface area contributed by atoms with Crippen molar-refractivity contribution < 1.29 is 9.53 Å². The monoisotopic (exact) mass is 239 g/mol.